The Morgan fingerprint density at radius 3 is 2.36 bits per heavy atom. The average molecular weight is 466 g/mol. The number of benzene rings is 2. The molecule has 9 heteroatoms. The topological polar surface area (TPSA) is 87.5 Å². The van der Waals surface area contributed by atoms with Crippen LogP contribution in [0, 0.1) is 0 Å². The van der Waals surface area contributed by atoms with Gasteiger partial charge in [0.2, 0.25) is 5.91 Å². The molecule has 2 aromatic carbocycles. The van der Waals surface area contributed by atoms with E-state index in [0.717, 1.165) is 0 Å². The summed E-state index contributed by atoms with van der Waals surface area (Å²) in [6, 6.07) is 16.1. The molecule has 33 heavy (non-hydrogen) atoms. The molecule has 3 aromatic rings. The first-order chi connectivity index (χ1) is 15.9. The first-order valence-corrected chi connectivity index (χ1v) is 11.0. The number of hydrogen-bond acceptors (Lipinski definition) is 6. The SMILES string of the molecule is CC(=O)c1ccccc1NC(=O)CN1CCN(c2cnn(-c3ccccc3)c(=O)c2Cl)CC1. The molecule has 4 rings (SSSR count). The molecule has 8 nitrogen and oxygen atoms in total. The van der Waals surface area contributed by atoms with Crippen molar-refractivity contribution in [2.75, 3.05) is 42.9 Å². The number of rotatable bonds is 6. The molecule has 1 saturated heterocycles. The summed E-state index contributed by atoms with van der Waals surface area (Å²) >= 11 is 6.41. The molecule has 1 aliphatic rings. The van der Waals surface area contributed by atoms with E-state index in [1.807, 2.05) is 28.0 Å². The Hall–Kier alpha value is -3.49. The second-order valence-corrected chi connectivity index (χ2v) is 8.19. The van der Waals surface area contributed by atoms with Crippen LogP contribution in [-0.2, 0) is 4.79 Å². The zero-order chi connectivity index (χ0) is 23.4. The summed E-state index contributed by atoms with van der Waals surface area (Å²) in [7, 11) is 0. The quantitative estimate of drug-likeness (QED) is 0.563. The number of ketones is 1. The smallest absolute Gasteiger partial charge is 0.292 e. The number of nitrogens with one attached hydrogen (secondary N) is 1. The third-order valence-corrected chi connectivity index (χ3v) is 5.92. The number of anilines is 2. The zero-order valence-electron chi connectivity index (χ0n) is 18.2. The highest BCUT2D eigenvalue weighted by Crippen LogP contribution is 2.23. The maximum atomic E-state index is 12.7. The highest BCUT2D eigenvalue weighted by Gasteiger charge is 2.23. The molecule has 0 spiro atoms. The third-order valence-electron chi connectivity index (χ3n) is 5.56. The number of piperazine rings is 1. The van der Waals surface area contributed by atoms with Gasteiger partial charge in [0.05, 0.1) is 29.8 Å². The number of hydrogen-bond donors (Lipinski definition) is 1. The highest BCUT2D eigenvalue weighted by atomic mass is 35.5. The van der Waals surface area contributed by atoms with E-state index in [4.69, 9.17) is 11.6 Å². The Bertz CT molecular complexity index is 1220. The molecule has 170 valence electrons. The van der Waals surface area contributed by atoms with E-state index in [0.29, 0.717) is 48.8 Å². The lowest BCUT2D eigenvalue weighted by atomic mass is 10.1. The van der Waals surface area contributed by atoms with Crippen molar-refractivity contribution >= 4 is 34.7 Å². The van der Waals surface area contributed by atoms with Crippen molar-refractivity contribution in [2.45, 2.75) is 6.92 Å². The molecule has 1 fully saturated rings. The van der Waals surface area contributed by atoms with E-state index in [1.165, 1.54) is 11.6 Å². The van der Waals surface area contributed by atoms with Crippen LogP contribution in [0.5, 0.6) is 0 Å². The molecular weight excluding hydrogens is 442 g/mol. The van der Waals surface area contributed by atoms with Gasteiger partial charge in [-0.2, -0.15) is 9.78 Å². The molecular formula is C24H24ClN5O3. The Morgan fingerprint density at radius 1 is 1.00 bits per heavy atom. The lowest BCUT2D eigenvalue weighted by Gasteiger charge is -2.35. The van der Waals surface area contributed by atoms with Crippen LogP contribution in [-0.4, -0.2) is 59.1 Å². The van der Waals surface area contributed by atoms with Crippen molar-refractivity contribution in [3.8, 4) is 5.69 Å². The summed E-state index contributed by atoms with van der Waals surface area (Å²) < 4.78 is 1.28. The molecule has 0 radical (unpaired) electrons. The van der Waals surface area contributed by atoms with Crippen LogP contribution in [0.15, 0.2) is 65.6 Å². The summed E-state index contributed by atoms with van der Waals surface area (Å²) in [4.78, 5) is 41.1. The van der Waals surface area contributed by atoms with Gasteiger partial charge in [0.1, 0.15) is 5.02 Å². The number of carbonyl (C=O) groups excluding carboxylic acids is 2. The van der Waals surface area contributed by atoms with E-state index in [9.17, 15) is 14.4 Å². The Labute approximate surface area is 196 Å². The Balaban J connectivity index is 1.37. The molecule has 0 aliphatic carbocycles. The highest BCUT2D eigenvalue weighted by molar-refractivity contribution is 6.33. The standard InChI is InChI=1S/C24H24ClN5O3/c1-17(31)19-9-5-6-10-20(19)27-22(32)16-28-11-13-29(14-12-28)21-15-26-30(24(33)23(21)25)18-7-3-2-4-8-18/h2-10,15H,11-14,16H2,1H3,(H,27,32). The van der Waals surface area contributed by atoms with Gasteiger partial charge in [0, 0.05) is 31.7 Å². The van der Waals surface area contributed by atoms with Crippen molar-refractivity contribution in [3.05, 3.63) is 81.7 Å². The fraction of sp³-hybridized carbons (Fsp3) is 0.250. The van der Waals surface area contributed by atoms with Crippen molar-refractivity contribution in [2.24, 2.45) is 0 Å². The minimum Gasteiger partial charge on any atom is -0.366 e. The molecule has 1 aliphatic heterocycles. The van der Waals surface area contributed by atoms with E-state index in [2.05, 4.69) is 10.4 Å². The van der Waals surface area contributed by atoms with Crippen LogP contribution in [0.1, 0.15) is 17.3 Å². The number of aromatic nitrogens is 2. The van der Waals surface area contributed by atoms with Crippen molar-refractivity contribution in [1.82, 2.24) is 14.7 Å². The van der Waals surface area contributed by atoms with Crippen LogP contribution in [0.2, 0.25) is 5.02 Å². The molecule has 0 unspecified atom stereocenters. The van der Waals surface area contributed by atoms with Gasteiger partial charge in [-0.15, -0.1) is 0 Å². The fourth-order valence-electron chi connectivity index (χ4n) is 3.84. The van der Waals surface area contributed by atoms with Crippen LogP contribution >= 0.6 is 11.6 Å². The van der Waals surface area contributed by atoms with Gasteiger partial charge in [-0.1, -0.05) is 41.9 Å². The largest absolute Gasteiger partial charge is 0.366 e. The normalized spacial score (nSPS) is 14.2. The molecule has 1 amide bonds. The van der Waals surface area contributed by atoms with Gasteiger partial charge in [0.25, 0.3) is 5.56 Å². The van der Waals surface area contributed by atoms with Gasteiger partial charge >= 0.3 is 0 Å². The summed E-state index contributed by atoms with van der Waals surface area (Å²) in [5.74, 6) is -0.276. The number of carbonyl (C=O) groups is 2. The predicted molar refractivity (Wildman–Crippen MR) is 129 cm³/mol. The van der Waals surface area contributed by atoms with Gasteiger partial charge in [-0.25, -0.2) is 0 Å². The number of nitrogens with zero attached hydrogens (tertiary/aromatic N) is 4. The number of halogens is 1. The summed E-state index contributed by atoms with van der Waals surface area (Å²) in [5, 5.41) is 7.25. The maximum Gasteiger partial charge on any atom is 0.292 e. The van der Waals surface area contributed by atoms with E-state index in [1.54, 1.807) is 42.6 Å². The molecule has 0 bridgehead atoms. The van der Waals surface area contributed by atoms with E-state index in [-0.39, 0.29) is 28.8 Å². The van der Waals surface area contributed by atoms with Gasteiger partial charge in [-0.05, 0) is 31.2 Å². The molecule has 1 aromatic heterocycles. The second kappa shape index (κ2) is 9.97. The lowest BCUT2D eigenvalue weighted by molar-refractivity contribution is -0.117. The second-order valence-electron chi connectivity index (χ2n) is 7.81. The minimum absolute atomic E-state index is 0.0980. The predicted octanol–water partition coefficient (Wildman–Crippen LogP) is 2.85. The van der Waals surface area contributed by atoms with Gasteiger partial charge in [0.15, 0.2) is 5.78 Å². The summed E-state index contributed by atoms with van der Waals surface area (Å²) in [5.41, 5.74) is 1.88. The van der Waals surface area contributed by atoms with Crippen LogP contribution < -0.4 is 15.8 Å². The number of Topliss-reactive ketones (excluding diaryl/α,β-unsaturated/α-hetero) is 1. The van der Waals surface area contributed by atoms with Crippen LogP contribution in [0.25, 0.3) is 5.69 Å². The van der Waals surface area contributed by atoms with Crippen molar-refractivity contribution in [1.29, 1.82) is 0 Å². The van der Waals surface area contributed by atoms with Crippen molar-refractivity contribution < 1.29 is 9.59 Å². The minimum atomic E-state index is -0.369. The summed E-state index contributed by atoms with van der Waals surface area (Å²) in [6.07, 6.45) is 1.61. The Kier molecular flexibility index (Phi) is 6.86. The first-order valence-electron chi connectivity index (χ1n) is 10.6. The van der Waals surface area contributed by atoms with Crippen LogP contribution in [0.3, 0.4) is 0 Å². The van der Waals surface area contributed by atoms with E-state index >= 15 is 0 Å². The van der Waals surface area contributed by atoms with Gasteiger partial charge in [-0.3, -0.25) is 19.3 Å². The molecule has 0 saturated carbocycles. The zero-order valence-corrected chi connectivity index (χ0v) is 19.0. The van der Waals surface area contributed by atoms with Gasteiger partial charge < -0.3 is 10.2 Å². The molecule has 0 atom stereocenters. The number of amides is 1. The average Bonchev–Trinajstić information content (AvgIpc) is 2.82. The third kappa shape index (κ3) is 5.13. The maximum absolute atomic E-state index is 12.7. The van der Waals surface area contributed by atoms with Crippen LogP contribution in [0.4, 0.5) is 11.4 Å². The number of para-hydroxylation sites is 2. The lowest BCUT2D eigenvalue weighted by Crippen LogP contribution is -2.49. The van der Waals surface area contributed by atoms with Crippen molar-refractivity contribution in [3.63, 3.8) is 0 Å². The fourth-order valence-corrected chi connectivity index (χ4v) is 4.08. The Morgan fingerprint density at radius 2 is 1.67 bits per heavy atom. The first kappa shape index (κ1) is 22.7. The molecule has 2 heterocycles. The monoisotopic (exact) mass is 465 g/mol. The molecule has 1 N–H and O–H groups in total. The summed E-state index contributed by atoms with van der Waals surface area (Å²) in [6.45, 7) is 4.14. The van der Waals surface area contributed by atoms with E-state index < -0.39 is 0 Å².